The molecule has 0 aliphatic heterocycles. The standard InChI is InChI=1S/C13H9N5S/c14-6-9-2-1-3-11-12(9)17-13(19)18(11)7-10-4-5-15-8-16-10/h1-5,8H,7H2,(H,17,19). The number of hydrogen-bond acceptors (Lipinski definition) is 4. The zero-order chi connectivity index (χ0) is 13.2. The van der Waals surface area contributed by atoms with Crippen LogP contribution in [-0.4, -0.2) is 19.5 Å². The zero-order valence-electron chi connectivity index (χ0n) is 9.87. The topological polar surface area (TPSA) is 70.3 Å². The number of nitriles is 1. The Labute approximate surface area is 114 Å². The van der Waals surface area contributed by atoms with Crippen LogP contribution in [0.15, 0.2) is 36.8 Å². The van der Waals surface area contributed by atoms with Crippen molar-refractivity contribution in [2.75, 3.05) is 0 Å². The summed E-state index contributed by atoms with van der Waals surface area (Å²) in [6.45, 7) is 0.552. The van der Waals surface area contributed by atoms with Gasteiger partial charge in [-0.15, -0.1) is 0 Å². The lowest BCUT2D eigenvalue weighted by molar-refractivity contribution is 0.780. The number of rotatable bonds is 2. The molecular weight excluding hydrogens is 258 g/mol. The van der Waals surface area contributed by atoms with E-state index in [1.165, 1.54) is 6.33 Å². The largest absolute Gasteiger partial charge is 0.329 e. The molecule has 0 amide bonds. The zero-order valence-corrected chi connectivity index (χ0v) is 10.7. The monoisotopic (exact) mass is 267 g/mol. The van der Waals surface area contributed by atoms with E-state index in [0.717, 1.165) is 16.7 Å². The molecule has 0 saturated carbocycles. The minimum Gasteiger partial charge on any atom is -0.329 e. The van der Waals surface area contributed by atoms with E-state index in [9.17, 15) is 0 Å². The Balaban J connectivity index is 2.17. The number of imidazole rings is 1. The van der Waals surface area contributed by atoms with Gasteiger partial charge in [0.05, 0.1) is 28.8 Å². The maximum absolute atomic E-state index is 9.09. The molecule has 0 bridgehead atoms. The summed E-state index contributed by atoms with van der Waals surface area (Å²) in [5, 5.41) is 9.09. The number of H-pyrrole nitrogens is 1. The molecule has 0 aliphatic rings. The number of fused-ring (bicyclic) bond motifs is 1. The van der Waals surface area contributed by atoms with Crippen molar-refractivity contribution in [3.8, 4) is 6.07 Å². The Kier molecular flexibility index (Phi) is 2.82. The van der Waals surface area contributed by atoms with E-state index in [1.807, 2.05) is 22.8 Å². The molecule has 92 valence electrons. The first kappa shape index (κ1) is 11.6. The normalized spacial score (nSPS) is 10.5. The Morgan fingerprint density at radius 2 is 2.26 bits per heavy atom. The van der Waals surface area contributed by atoms with Gasteiger partial charge in [-0.2, -0.15) is 5.26 Å². The van der Waals surface area contributed by atoms with Crippen LogP contribution in [0.3, 0.4) is 0 Å². The molecule has 0 atom stereocenters. The fourth-order valence-electron chi connectivity index (χ4n) is 2.00. The van der Waals surface area contributed by atoms with Crippen LogP contribution in [-0.2, 0) is 6.54 Å². The van der Waals surface area contributed by atoms with Crippen LogP contribution >= 0.6 is 12.2 Å². The van der Waals surface area contributed by atoms with E-state index in [0.29, 0.717) is 16.9 Å². The van der Waals surface area contributed by atoms with Crippen molar-refractivity contribution in [2.24, 2.45) is 0 Å². The molecule has 1 N–H and O–H groups in total. The predicted octanol–water partition coefficient (Wildman–Crippen LogP) is 2.41. The first-order chi connectivity index (χ1) is 9.29. The first-order valence-electron chi connectivity index (χ1n) is 5.66. The minimum atomic E-state index is 0.552. The maximum atomic E-state index is 9.09. The van der Waals surface area contributed by atoms with Crippen molar-refractivity contribution in [2.45, 2.75) is 6.54 Å². The summed E-state index contributed by atoms with van der Waals surface area (Å²) in [5.41, 5.74) is 3.13. The van der Waals surface area contributed by atoms with Crippen LogP contribution in [0.5, 0.6) is 0 Å². The molecule has 6 heteroatoms. The number of para-hydroxylation sites is 1. The number of nitrogens with zero attached hydrogens (tertiary/aromatic N) is 4. The van der Waals surface area contributed by atoms with E-state index in [1.54, 1.807) is 12.3 Å². The third kappa shape index (κ3) is 2.00. The lowest BCUT2D eigenvalue weighted by Crippen LogP contribution is -2.01. The number of hydrogen-bond donors (Lipinski definition) is 1. The summed E-state index contributed by atoms with van der Waals surface area (Å²) in [7, 11) is 0. The highest BCUT2D eigenvalue weighted by atomic mass is 32.1. The van der Waals surface area contributed by atoms with Gasteiger partial charge in [0.1, 0.15) is 12.4 Å². The van der Waals surface area contributed by atoms with E-state index < -0.39 is 0 Å². The van der Waals surface area contributed by atoms with Crippen molar-refractivity contribution in [1.29, 1.82) is 5.26 Å². The van der Waals surface area contributed by atoms with E-state index in [2.05, 4.69) is 21.0 Å². The van der Waals surface area contributed by atoms with Gasteiger partial charge in [0.2, 0.25) is 0 Å². The molecular formula is C13H9N5S. The lowest BCUT2D eigenvalue weighted by atomic mass is 10.2. The number of aromatic nitrogens is 4. The van der Waals surface area contributed by atoms with Crippen molar-refractivity contribution in [1.82, 2.24) is 19.5 Å². The van der Waals surface area contributed by atoms with E-state index in [4.69, 9.17) is 17.5 Å². The second-order valence-electron chi connectivity index (χ2n) is 4.03. The van der Waals surface area contributed by atoms with Gasteiger partial charge in [-0.25, -0.2) is 9.97 Å². The van der Waals surface area contributed by atoms with Gasteiger partial charge < -0.3 is 9.55 Å². The summed E-state index contributed by atoms with van der Waals surface area (Å²) in [5.74, 6) is 0. The first-order valence-corrected chi connectivity index (χ1v) is 6.07. The summed E-state index contributed by atoms with van der Waals surface area (Å²) in [4.78, 5) is 11.2. The average molecular weight is 267 g/mol. The van der Waals surface area contributed by atoms with Gasteiger partial charge in [-0.1, -0.05) is 6.07 Å². The van der Waals surface area contributed by atoms with Gasteiger partial charge in [0.15, 0.2) is 4.77 Å². The van der Waals surface area contributed by atoms with Gasteiger partial charge >= 0.3 is 0 Å². The average Bonchev–Trinajstić information content (AvgIpc) is 2.76. The molecule has 3 aromatic rings. The van der Waals surface area contributed by atoms with E-state index >= 15 is 0 Å². The smallest absolute Gasteiger partial charge is 0.178 e. The van der Waals surface area contributed by atoms with Crippen LogP contribution in [0.4, 0.5) is 0 Å². The Bertz CT molecular complexity index is 826. The lowest BCUT2D eigenvalue weighted by Gasteiger charge is -2.03. The summed E-state index contributed by atoms with van der Waals surface area (Å²) in [6.07, 6.45) is 3.20. The maximum Gasteiger partial charge on any atom is 0.178 e. The van der Waals surface area contributed by atoms with Crippen LogP contribution in [0.1, 0.15) is 11.3 Å². The summed E-state index contributed by atoms with van der Waals surface area (Å²) >= 11 is 5.31. The molecule has 2 aromatic heterocycles. The molecule has 1 aromatic carbocycles. The Hall–Kier alpha value is -2.52. The number of aromatic amines is 1. The van der Waals surface area contributed by atoms with Gasteiger partial charge in [0, 0.05) is 6.20 Å². The van der Waals surface area contributed by atoms with Crippen molar-refractivity contribution >= 4 is 23.3 Å². The van der Waals surface area contributed by atoms with Gasteiger partial charge in [0.25, 0.3) is 0 Å². The molecule has 5 nitrogen and oxygen atoms in total. The molecule has 3 rings (SSSR count). The molecule has 0 fully saturated rings. The third-order valence-corrected chi connectivity index (χ3v) is 3.22. The molecule has 0 aliphatic carbocycles. The van der Waals surface area contributed by atoms with Crippen LogP contribution in [0, 0.1) is 16.1 Å². The van der Waals surface area contributed by atoms with Crippen molar-refractivity contribution in [3.63, 3.8) is 0 Å². The molecule has 0 radical (unpaired) electrons. The van der Waals surface area contributed by atoms with Crippen molar-refractivity contribution < 1.29 is 0 Å². The molecule has 2 heterocycles. The predicted molar refractivity (Wildman–Crippen MR) is 73.0 cm³/mol. The Morgan fingerprint density at radius 1 is 1.37 bits per heavy atom. The molecule has 19 heavy (non-hydrogen) atoms. The SMILES string of the molecule is N#Cc1cccc2c1[nH]c(=S)n2Cc1ccncn1. The van der Waals surface area contributed by atoms with E-state index in [-0.39, 0.29) is 0 Å². The highest BCUT2D eigenvalue weighted by Crippen LogP contribution is 2.18. The number of nitrogens with one attached hydrogen (secondary N) is 1. The van der Waals surface area contributed by atoms with Crippen LogP contribution < -0.4 is 0 Å². The van der Waals surface area contributed by atoms with Crippen LogP contribution in [0.25, 0.3) is 11.0 Å². The third-order valence-electron chi connectivity index (χ3n) is 2.89. The van der Waals surface area contributed by atoms with Crippen LogP contribution in [0.2, 0.25) is 0 Å². The van der Waals surface area contributed by atoms with Gasteiger partial charge in [-0.05, 0) is 30.4 Å². The molecule has 0 saturated heterocycles. The second-order valence-corrected chi connectivity index (χ2v) is 4.42. The summed E-state index contributed by atoms with van der Waals surface area (Å²) < 4.78 is 2.50. The Morgan fingerprint density at radius 3 is 3.00 bits per heavy atom. The molecule has 0 spiro atoms. The second kappa shape index (κ2) is 4.63. The van der Waals surface area contributed by atoms with Gasteiger partial charge in [-0.3, -0.25) is 0 Å². The number of benzene rings is 1. The fraction of sp³-hybridized carbons (Fsp3) is 0.0769. The summed E-state index contributed by atoms with van der Waals surface area (Å²) in [6, 6.07) is 9.55. The fourth-order valence-corrected chi connectivity index (χ4v) is 2.27. The van der Waals surface area contributed by atoms with Crippen molar-refractivity contribution in [3.05, 3.63) is 52.8 Å². The minimum absolute atomic E-state index is 0.552. The quantitative estimate of drug-likeness (QED) is 0.724. The highest BCUT2D eigenvalue weighted by molar-refractivity contribution is 7.71. The molecule has 0 unspecified atom stereocenters. The highest BCUT2D eigenvalue weighted by Gasteiger charge is 2.08.